The molecule has 0 radical (unpaired) electrons. The maximum atomic E-state index is 12.8. The van der Waals surface area contributed by atoms with Crippen LogP contribution in [0.4, 0.5) is 0 Å². The van der Waals surface area contributed by atoms with Crippen LogP contribution < -0.4 is 0 Å². The Labute approximate surface area is 141 Å². The molecule has 0 spiro atoms. The lowest BCUT2D eigenvalue weighted by atomic mass is 9.80. The Hall–Kier alpha value is -2.68. The first kappa shape index (κ1) is 14.9. The summed E-state index contributed by atoms with van der Waals surface area (Å²) in [5.74, 6) is 0.439. The highest BCUT2D eigenvalue weighted by molar-refractivity contribution is 6.00. The van der Waals surface area contributed by atoms with Crippen molar-refractivity contribution in [2.45, 2.75) is 32.6 Å². The van der Waals surface area contributed by atoms with Gasteiger partial charge < -0.3 is 0 Å². The molecule has 3 nitrogen and oxygen atoms in total. The van der Waals surface area contributed by atoms with E-state index in [0.29, 0.717) is 6.42 Å². The van der Waals surface area contributed by atoms with Crippen molar-refractivity contribution in [1.82, 2.24) is 9.78 Å². The van der Waals surface area contributed by atoms with E-state index in [9.17, 15) is 4.79 Å². The smallest absolute Gasteiger partial charge is 0.167 e. The zero-order valence-corrected chi connectivity index (χ0v) is 14.0. The molecule has 1 aliphatic carbocycles. The van der Waals surface area contributed by atoms with E-state index in [1.54, 1.807) is 0 Å². The number of benzene rings is 2. The van der Waals surface area contributed by atoms with Gasteiger partial charge in [-0.15, -0.1) is 0 Å². The van der Waals surface area contributed by atoms with Gasteiger partial charge >= 0.3 is 0 Å². The number of nitrogens with zero attached hydrogens (tertiary/aromatic N) is 2. The van der Waals surface area contributed by atoms with E-state index in [0.717, 1.165) is 29.1 Å². The van der Waals surface area contributed by atoms with Crippen molar-refractivity contribution in [2.24, 2.45) is 0 Å². The summed E-state index contributed by atoms with van der Waals surface area (Å²) in [4.78, 5) is 12.8. The summed E-state index contributed by atoms with van der Waals surface area (Å²) in [6.45, 7) is 4.05. The van der Waals surface area contributed by atoms with Crippen LogP contribution in [0, 0.1) is 13.8 Å². The second kappa shape index (κ2) is 5.75. The number of para-hydroxylation sites is 1. The van der Waals surface area contributed by atoms with Crippen molar-refractivity contribution >= 4 is 5.78 Å². The Morgan fingerprint density at radius 3 is 2.42 bits per heavy atom. The van der Waals surface area contributed by atoms with Gasteiger partial charge in [0.15, 0.2) is 5.78 Å². The first-order valence-electron chi connectivity index (χ1n) is 8.38. The second-order valence-electron chi connectivity index (χ2n) is 6.54. The lowest BCUT2D eigenvalue weighted by Crippen LogP contribution is -2.21. The fraction of sp³-hybridized carbons (Fsp3) is 0.238. The molecule has 1 aromatic heterocycles. The maximum Gasteiger partial charge on any atom is 0.167 e. The molecule has 1 atom stereocenters. The molecule has 120 valence electrons. The van der Waals surface area contributed by atoms with Gasteiger partial charge in [0, 0.05) is 6.42 Å². The summed E-state index contributed by atoms with van der Waals surface area (Å²) < 4.78 is 1.95. The van der Waals surface area contributed by atoms with Crippen LogP contribution in [0.5, 0.6) is 0 Å². The number of hydrogen-bond acceptors (Lipinski definition) is 2. The van der Waals surface area contributed by atoms with Gasteiger partial charge in [-0.2, -0.15) is 5.10 Å². The number of rotatable bonds is 2. The largest absolute Gasteiger partial charge is 0.294 e. The number of fused-ring (bicyclic) bond motifs is 1. The molecule has 24 heavy (non-hydrogen) atoms. The molecule has 0 fully saturated rings. The van der Waals surface area contributed by atoms with Crippen molar-refractivity contribution in [3.63, 3.8) is 0 Å². The minimum atomic E-state index is 0.212. The first-order valence-corrected chi connectivity index (χ1v) is 8.38. The number of carbonyl (C=O) groups is 1. The van der Waals surface area contributed by atoms with Gasteiger partial charge in [-0.05, 0) is 49.4 Å². The molecule has 0 bridgehead atoms. The van der Waals surface area contributed by atoms with E-state index >= 15 is 0 Å². The molecule has 3 aromatic rings. The van der Waals surface area contributed by atoms with Crippen LogP contribution >= 0.6 is 0 Å². The fourth-order valence-corrected chi connectivity index (χ4v) is 3.81. The normalized spacial score (nSPS) is 16.9. The Kier molecular flexibility index (Phi) is 3.57. The highest BCUT2D eigenvalue weighted by atomic mass is 16.1. The maximum absolute atomic E-state index is 12.8. The standard InChI is InChI=1S/C21H20N2O/c1-14-8-6-7-11-18(14)16-12-19-21(20(24)13-16)15(2)22-23(19)17-9-4-3-5-10-17/h3-11,16H,12-13H2,1-2H3/t16-/m1/s1. The predicted molar refractivity (Wildman–Crippen MR) is 94.9 cm³/mol. The van der Waals surface area contributed by atoms with E-state index in [2.05, 4.69) is 30.2 Å². The molecule has 4 rings (SSSR count). The van der Waals surface area contributed by atoms with Gasteiger partial charge in [-0.3, -0.25) is 4.79 Å². The third-order valence-electron chi connectivity index (χ3n) is 4.94. The monoisotopic (exact) mass is 316 g/mol. The molecule has 0 amide bonds. The van der Waals surface area contributed by atoms with Gasteiger partial charge in [0.2, 0.25) is 0 Å². The number of aromatic nitrogens is 2. The van der Waals surface area contributed by atoms with Crippen LogP contribution in [0.15, 0.2) is 54.6 Å². The quantitative estimate of drug-likeness (QED) is 0.702. The highest BCUT2D eigenvalue weighted by Gasteiger charge is 2.32. The summed E-state index contributed by atoms with van der Waals surface area (Å²) in [6, 6.07) is 18.4. The average Bonchev–Trinajstić information content (AvgIpc) is 2.93. The van der Waals surface area contributed by atoms with Gasteiger partial charge in [-0.25, -0.2) is 4.68 Å². The summed E-state index contributed by atoms with van der Waals surface area (Å²) >= 11 is 0. The van der Waals surface area contributed by atoms with Crippen molar-refractivity contribution in [3.05, 3.63) is 82.7 Å². The highest BCUT2D eigenvalue weighted by Crippen LogP contribution is 2.36. The third kappa shape index (κ3) is 2.37. The van der Waals surface area contributed by atoms with Crippen molar-refractivity contribution in [3.8, 4) is 5.69 Å². The van der Waals surface area contributed by atoms with E-state index in [4.69, 9.17) is 0 Å². The molecule has 3 heteroatoms. The van der Waals surface area contributed by atoms with E-state index in [-0.39, 0.29) is 11.7 Å². The molecule has 0 saturated carbocycles. The summed E-state index contributed by atoms with van der Waals surface area (Å²) in [5, 5.41) is 4.66. The third-order valence-corrected chi connectivity index (χ3v) is 4.94. The molecular weight excluding hydrogens is 296 g/mol. The number of aryl methyl sites for hydroxylation is 2. The van der Waals surface area contributed by atoms with Gasteiger partial charge in [-0.1, -0.05) is 42.5 Å². The molecule has 0 N–H and O–H groups in total. The van der Waals surface area contributed by atoms with Crippen LogP contribution in [0.25, 0.3) is 5.69 Å². The van der Waals surface area contributed by atoms with Crippen molar-refractivity contribution < 1.29 is 4.79 Å². The van der Waals surface area contributed by atoms with E-state index < -0.39 is 0 Å². The van der Waals surface area contributed by atoms with Gasteiger partial charge in [0.05, 0.1) is 22.6 Å². The predicted octanol–water partition coefficient (Wildman–Crippen LogP) is 4.40. The number of Topliss-reactive ketones (excluding diaryl/α,β-unsaturated/α-hetero) is 1. The summed E-state index contributed by atoms with van der Waals surface area (Å²) in [6.07, 6.45) is 1.42. The van der Waals surface area contributed by atoms with Crippen LogP contribution in [0.1, 0.15) is 45.2 Å². The molecule has 0 aliphatic heterocycles. The van der Waals surface area contributed by atoms with Crippen LogP contribution in [-0.2, 0) is 6.42 Å². The van der Waals surface area contributed by atoms with Crippen LogP contribution in [-0.4, -0.2) is 15.6 Å². The Bertz CT molecular complexity index is 909. The van der Waals surface area contributed by atoms with Crippen LogP contribution in [0.3, 0.4) is 0 Å². The molecule has 1 aliphatic rings. The Morgan fingerprint density at radius 2 is 1.67 bits per heavy atom. The Morgan fingerprint density at radius 1 is 0.958 bits per heavy atom. The molecule has 2 aromatic carbocycles. The zero-order chi connectivity index (χ0) is 16.7. The number of carbonyl (C=O) groups excluding carboxylic acids is 1. The Balaban J connectivity index is 1.82. The SMILES string of the molecule is Cc1ccccc1[C@H]1CC(=O)c2c(C)nn(-c3ccccc3)c2C1. The molecular formula is C21H20N2O. The summed E-state index contributed by atoms with van der Waals surface area (Å²) in [7, 11) is 0. The lowest BCUT2D eigenvalue weighted by molar-refractivity contribution is 0.0963. The average molecular weight is 316 g/mol. The summed E-state index contributed by atoms with van der Waals surface area (Å²) in [5.41, 5.74) is 6.24. The fourth-order valence-electron chi connectivity index (χ4n) is 3.81. The minimum Gasteiger partial charge on any atom is -0.294 e. The van der Waals surface area contributed by atoms with Crippen LogP contribution in [0.2, 0.25) is 0 Å². The lowest BCUT2D eigenvalue weighted by Gasteiger charge is -2.24. The molecule has 1 heterocycles. The molecule has 0 unspecified atom stereocenters. The second-order valence-corrected chi connectivity index (χ2v) is 6.54. The van der Waals surface area contributed by atoms with E-state index in [1.165, 1.54) is 11.1 Å². The van der Waals surface area contributed by atoms with Crippen molar-refractivity contribution in [2.75, 3.05) is 0 Å². The topological polar surface area (TPSA) is 34.9 Å². The number of hydrogen-bond donors (Lipinski definition) is 0. The van der Waals surface area contributed by atoms with Gasteiger partial charge in [0.1, 0.15) is 0 Å². The molecule has 0 saturated heterocycles. The zero-order valence-electron chi connectivity index (χ0n) is 14.0. The van der Waals surface area contributed by atoms with Gasteiger partial charge in [0.25, 0.3) is 0 Å². The van der Waals surface area contributed by atoms with E-state index in [1.807, 2.05) is 48.0 Å². The first-order chi connectivity index (χ1) is 11.6. The van der Waals surface area contributed by atoms with Crippen molar-refractivity contribution in [1.29, 1.82) is 0 Å². The number of ketones is 1. The minimum absolute atomic E-state index is 0.212.